The molecule has 1 heterocycles. The number of aliphatic hydroxyl groups is 2. The maximum absolute atomic E-state index is 10.8. The summed E-state index contributed by atoms with van der Waals surface area (Å²) in [6.45, 7) is 6.50. The summed E-state index contributed by atoms with van der Waals surface area (Å²) in [6, 6.07) is 0. The van der Waals surface area contributed by atoms with Gasteiger partial charge in [0, 0.05) is 18.4 Å². The monoisotopic (exact) mass is 282 g/mol. The molecule has 0 aromatic rings. The maximum Gasteiger partial charge on any atom is 0.164 e. The molecule has 0 spiro atoms. The van der Waals surface area contributed by atoms with Crippen molar-refractivity contribution in [2.75, 3.05) is 13.7 Å². The molecule has 1 saturated heterocycles. The molecule has 3 rings (SSSR count). The summed E-state index contributed by atoms with van der Waals surface area (Å²) < 4.78 is 11.5. The van der Waals surface area contributed by atoms with E-state index in [-0.39, 0.29) is 35.7 Å². The van der Waals surface area contributed by atoms with E-state index in [1.807, 2.05) is 0 Å². The van der Waals surface area contributed by atoms with Crippen molar-refractivity contribution in [1.29, 1.82) is 0 Å². The average molecular weight is 282 g/mol. The van der Waals surface area contributed by atoms with Gasteiger partial charge in [-0.3, -0.25) is 0 Å². The third-order valence-corrected chi connectivity index (χ3v) is 5.75. The van der Waals surface area contributed by atoms with E-state index in [9.17, 15) is 10.2 Å². The normalized spacial score (nSPS) is 46.5. The predicted molar refractivity (Wildman–Crippen MR) is 75.0 cm³/mol. The summed E-state index contributed by atoms with van der Waals surface area (Å²) in [4.78, 5) is 0. The molecule has 114 valence electrons. The Balaban J connectivity index is 2.11. The maximum atomic E-state index is 10.8. The van der Waals surface area contributed by atoms with Crippen LogP contribution in [0.1, 0.15) is 40.0 Å². The van der Waals surface area contributed by atoms with Crippen molar-refractivity contribution in [3.8, 4) is 0 Å². The van der Waals surface area contributed by atoms with Crippen molar-refractivity contribution in [3.63, 3.8) is 0 Å². The van der Waals surface area contributed by atoms with E-state index >= 15 is 0 Å². The Labute approximate surface area is 120 Å². The largest absolute Gasteiger partial charge is 0.392 e. The van der Waals surface area contributed by atoms with Gasteiger partial charge >= 0.3 is 0 Å². The Kier molecular flexibility index (Phi) is 3.29. The quantitative estimate of drug-likeness (QED) is 0.759. The molecule has 2 aliphatic carbocycles. The minimum absolute atomic E-state index is 0.00569. The van der Waals surface area contributed by atoms with Gasteiger partial charge in [0.15, 0.2) is 6.29 Å². The fraction of sp³-hybridized carbons (Fsp3) is 0.875. The van der Waals surface area contributed by atoms with Crippen LogP contribution in [0, 0.1) is 16.7 Å². The molecule has 0 aromatic carbocycles. The predicted octanol–water partition coefficient (Wildman–Crippen LogP) is 1.85. The highest BCUT2D eigenvalue weighted by molar-refractivity contribution is 5.36. The van der Waals surface area contributed by atoms with E-state index in [1.165, 1.54) is 5.57 Å². The van der Waals surface area contributed by atoms with E-state index in [4.69, 9.17) is 9.47 Å². The van der Waals surface area contributed by atoms with Crippen molar-refractivity contribution < 1.29 is 19.7 Å². The zero-order valence-corrected chi connectivity index (χ0v) is 12.8. The van der Waals surface area contributed by atoms with Gasteiger partial charge in [0.1, 0.15) is 0 Å². The second-order valence-electron chi connectivity index (χ2n) is 7.58. The second-order valence-corrected chi connectivity index (χ2v) is 7.58. The molecule has 0 aromatic heterocycles. The summed E-state index contributed by atoms with van der Waals surface area (Å²) in [5.41, 5.74) is 1.94. The van der Waals surface area contributed by atoms with Gasteiger partial charge in [-0.2, -0.15) is 0 Å². The fourth-order valence-corrected chi connectivity index (χ4v) is 4.55. The summed E-state index contributed by atoms with van der Waals surface area (Å²) in [6.07, 6.45) is 1.81. The molecule has 4 heteroatoms. The minimum atomic E-state index is -0.427. The van der Waals surface area contributed by atoms with Crippen LogP contribution in [0.4, 0.5) is 0 Å². The smallest absolute Gasteiger partial charge is 0.164 e. The second kappa shape index (κ2) is 4.54. The summed E-state index contributed by atoms with van der Waals surface area (Å²) in [5, 5.41) is 20.6. The Morgan fingerprint density at radius 1 is 1.35 bits per heavy atom. The van der Waals surface area contributed by atoms with Gasteiger partial charge in [0.2, 0.25) is 0 Å². The molecule has 3 aliphatic rings. The molecule has 0 radical (unpaired) electrons. The first-order chi connectivity index (χ1) is 9.33. The fourth-order valence-electron chi connectivity index (χ4n) is 4.55. The molecule has 2 fully saturated rings. The van der Waals surface area contributed by atoms with E-state index in [0.717, 1.165) is 24.8 Å². The van der Waals surface area contributed by atoms with E-state index in [1.54, 1.807) is 7.11 Å². The first-order valence-electron chi connectivity index (χ1n) is 7.53. The molecular formula is C16H26O4. The summed E-state index contributed by atoms with van der Waals surface area (Å²) >= 11 is 0. The zero-order valence-electron chi connectivity index (χ0n) is 12.8. The highest BCUT2D eigenvalue weighted by atomic mass is 16.7. The van der Waals surface area contributed by atoms with Crippen molar-refractivity contribution >= 4 is 0 Å². The molecule has 1 saturated carbocycles. The molecule has 0 amide bonds. The Morgan fingerprint density at radius 2 is 2.05 bits per heavy atom. The van der Waals surface area contributed by atoms with Crippen LogP contribution in [-0.2, 0) is 9.47 Å². The van der Waals surface area contributed by atoms with Gasteiger partial charge in [0.25, 0.3) is 0 Å². The highest BCUT2D eigenvalue weighted by Crippen LogP contribution is 2.59. The van der Waals surface area contributed by atoms with Crippen molar-refractivity contribution in [1.82, 2.24) is 0 Å². The van der Waals surface area contributed by atoms with Gasteiger partial charge in [0.05, 0.1) is 18.8 Å². The molecule has 4 nitrogen and oxygen atoms in total. The molecule has 1 aliphatic heterocycles. The molecule has 5 atom stereocenters. The summed E-state index contributed by atoms with van der Waals surface area (Å²) in [7, 11) is 1.65. The van der Waals surface area contributed by atoms with Crippen molar-refractivity contribution in [2.24, 2.45) is 16.7 Å². The molecule has 2 N–H and O–H groups in total. The standard InChI is InChI=1S/C16H26O4/c1-15(2)6-11-10(8-17)9-5-13(20-14(9)19-4)16(11,3)12(18)7-15/h9,12-14,17-18H,5-8H2,1-4H3/t9-,12+,13+,14-,16+/m1/s1. The molecule has 2 bridgehead atoms. The van der Waals surface area contributed by atoms with Crippen LogP contribution in [0.2, 0.25) is 0 Å². The third kappa shape index (κ3) is 1.82. The average Bonchev–Trinajstić information content (AvgIpc) is 2.76. The van der Waals surface area contributed by atoms with E-state index in [2.05, 4.69) is 20.8 Å². The number of fused-ring (bicyclic) bond motifs is 4. The van der Waals surface area contributed by atoms with Gasteiger partial charge in [-0.25, -0.2) is 0 Å². The van der Waals surface area contributed by atoms with Gasteiger partial charge in [-0.05, 0) is 30.3 Å². The van der Waals surface area contributed by atoms with Crippen LogP contribution in [0.3, 0.4) is 0 Å². The number of rotatable bonds is 2. The third-order valence-electron chi connectivity index (χ3n) is 5.75. The molecular weight excluding hydrogens is 256 g/mol. The van der Waals surface area contributed by atoms with E-state index in [0.29, 0.717) is 0 Å². The van der Waals surface area contributed by atoms with Crippen LogP contribution >= 0.6 is 0 Å². The summed E-state index contributed by atoms with van der Waals surface area (Å²) in [5.74, 6) is 0.138. The first-order valence-corrected chi connectivity index (χ1v) is 7.53. The lowest BCUT2D eigenvalue weighted by molar-refractivity contribution is -0.161. The lowest BCUT2D eigenvalue weighted by Crippen LogP contribution is -2.52. The Morgan fingerprint density at radius 3 is 2.65 bits per heavy atom. The molecule has 0 unspecified atom stereocenters. The first kappa shape index (κ1) is 14.5. The number of methoxy groups -OCH3 is 1. The number of hydrogen-bond acceptors (Lipinski definition) is 4. The van der Waals surface area contributed by atoms with Crippen LogP contribution in [-0.4, -0.2) is 42.4 Å². The Hall–Kier alpha value is -0.420. The zero-order chi connectivity index (χ0) is 14.7. The van der Waals surface area contributed by atoms with Crippen molar-refractivity contribution in [2.45, 2.75) is 58.5 Å². The van der Waals surface area contributed by atoms with Gasteiger partial charge in [-0.1, -0.05) is 26.3 Å². The Bertz CT molecular complexity index is 442. The van der Waals surface area contributed by atoms with E-state index < -0.39 is 6.10 Å². The number of ether oxygens (including phenoxy) is 2. The topological polar surface area (TPSA) is 58.9 Å². The van der Waals surface area contributed by atoms with Crippen LogP contribution in [0.25, 0.3) is 0 Å². The highest BCUT2D eigenvalue weighted by Gasteiger charge is 2.59. The number of hydrogen-bond donors (Lipinski definition) is 2. The lowest BCUT2D eigenvalue weighted by Gasteiger charge is -2.52. The van der Waals surface area contributed by atoms with Crippen molar-refractivity contribution in [3.05, 3.63) is 11.1 Å². The molecule has 20 heavy (non-hydrogen) atoms. The SMILES string of the molecule is CO[C@@H]1O[C@H]2C[C@@H]1C(CO)=C1CC(C)(C)C[C@H](O)[C@]12C. The van der Waals surface area contributed by atoms with Gasteiger partial charge in [-0.15, -0.1) is 0 Å². The van der Waals surface area contributed by atoms with Gasteiger partial charge < -0.3 is 19.7 Å². The number of aliphatic hydroxyl groups excluding tert-OH is 2. The lowest BCUT2D eigenvalue weighted by atomic mass is 9.54. The minimum Gasteiger partial charge on any atom is -0.392 e. The van der Waals surface area contributed by atoms with Crippen LogP contribution in [0.15, 0.2) is 11.1 Å². The van der Waals surface area contributed by atoms with Crippen LogP contribution < -0.4 is 0 Å². The van der Waals surface area contributed by atoms with Crippen LogP contribution in [0.5, 0.6) is 0 Å².